The van der Waals surface area contributed by atoms with Gasteiger partial charge in [-0.05, 0) is 52.4 Å². The molecule has 92 valence electrons. The first kappa shape index (κ1) is 10.8. The van der Waals surface area contributed by atoms with Crippen molar-refractivity contribution in [1.29, 1.82) is 0 Å². The van der Waals surface area contributed by atoms with Gasteiger partial charge in [0.15, 0.2) is 0 Å². The monoisotopic (exact) mass is 244 g/mol. The van der Waals surface area contributed by atoms with Crippen LogP contribution < -0.4 is 0 Å². The van der Waals surface area contributed by atoms with Gasteiger partial charge < -0.3 is 0 Å². The Morgan fingerprint density at radius 1 is 0.842 bits per heavy atom. The fourth-order valence-electron chi connectivity index (χ4n) is 3.19. The van der Waals surface area contributed by atoms with Gasteiger partial charge in [0.2, 0.25) is 0 Å². The minimum Gasteiger partial charge on any atom is -0.0836 e. The van der Waals surface area contributed by atoms with E-state index in [1.54, 1.807) is 0 Å². The third-order valence-corrected chi connectivity index (χ3v) is 4.17. The Morgan fingerprint density at radius 2 is 1.68 bits per heavy atom. The second kappa shape index (κ2) is 3.96. The lowest BCUT2D eigenvalue weighted by Gasteiger charge is -2.14. The lowest BCUT2D eigenvalue weighted by atomic mass is 9.90. The van der Waals surface area contributed by atoms with Crippen LogP contribution in [0.4, 0.5) is 0 Å². The number of benzene rings is 3. The number of hydrogen-bond acceptors (Lipinski definition) is 0. The van der Waals surface area contributed by atoms with E-state index in [9.17, 15) is 0 Å². The van der Waals surface area contributed by atoms with Gasteiger partial charge in [0.1, 0.15) is 0 Å². The number of hydrogen-bond donors (Lipinski definition) is 0. The molecule has 3 aromatic rings. The van der Waals surface area contributed by atoms with Crippen LogP contribution in [0.3, 0.4) is 0 Å². The highest BCUT2D eigenvalue weighted by Gasteiger charge is 2.10. The first-order valence-electron chi connectivity index (χ1n) is 6.94. The van der Waals surface area contributed by atoms with Crippen molar-refractivity contribution in [1.82, 2.24) is 0 Å². The van der Waals surface area contributed by atoms with E-state index in [4.69, 9.17) is 0 Å². The van der Waals surface area contributed by atoms with Crippen molar-refractivity contribution < 1.29 is 0 Å². The first-order valence-corrected chi connectivity index (χ1v) is 6.94. The Kier molecular flexibility index (Phi) is 2.25. The molecule has 0 aromatic heterocycles. The maximum atomic E-state index is 2.31. The summed E-state index contributed by atoms with van der Waals surface area (Å²) in [5.74, 6) is 0. The van der Waals surface area contributed by atoms with Gasteiger partial charge in [0.05, 0.1) is 0 Å². The molecule has 1 aliphatic rings. The second-order valence-corrected chi connectivity index (χ2v) is 5.46. The van der Waals surface area contributed by atoms with Crippen molar-refractivity contribution >= 4 is 27.6 Å². The van der Waals surface area contributed by atoms with E-state index in [0.717, 1.165) is 0 Å². The Morgan fingerprint density at radius 3 is 2.63 bits per heavy atom. The highest BCUT2D eigenvalue weighted by Crippen LogP contribution is 2.32. The van der Waals surface area contributed by atoms with E-state index in [1.807, 2.05) is 0 Å². The van der Waals surface area contributed by atoms with Crippen molar-refractivity contribution in [2.75, 3.05) is 0 Å². The van der Waals surface area contributed by atoms with Crippen molar-refractivity contribution in [3.63, 3.8) is 0 Å². The molecule has 0 saturated heterocycles. The molecule has 19 heavy (non-hydrogen) atoms. The summed E-state index contributed by atoms with van der Waals surface area (Å²) in [6.07, 6.45) is 6.93. The average molecular weight is 244 g/mol. The molecule has 0 saturated carbocycles. The molecular formula is C19H16. The van der Waals surface area contributed by atoms with Gasteiger partial charge in [-0.2, -0.15) is 0 Å². The van der Waals surface area contributed by atoms with E-state index in [0.29, 0.717) is 0 Å². The summed E-state index contributed by atoms with van der Waals surface area (Å²) >= 11 is 0. The molecule has 0 heteroatoms. The van der Waals surface area contributed by atoms with Crippen molar-refractivity contribution in [2.45, 2.75) is 19.8 Å². The summed E-state index contributed by atoms with van der Waals surface area (Å²) in [4.78, 5) is 0. The topological polar surface area (TPSA) is 0 Å². The van der Waals surface area contributed by atoms with E-state index >= 15 is 0 Å². The molecule has 0 aliphatic heterocycles. The van der Waals surface area contributed by atoms with Crippen LogP contribution in [0.1, 0.15) is 23.1 Å². The maximum absolute atomic E-state index is 2.31. The van der Waals surface area contributed by atoms with Gasteiger partial charge in [-0.25, -0.2) is 0 Å². The summed E-state index contributed by atoms with van der Waals surface area (Å²) in [5, 5.41) is 5.48. The molecule has 0 N–H and O–H groups in total. The molecular weight excluding hydrogens is 228 g/mol. The van der Waals surface area contributed by atoms with Crippen LogP contribution in [0.15, 0.2) is 48.5 Å². The zero-order valence-electron chi connectivity index (χ0n) is 11.1. The quantitative estimate of drug-likeness (QED) is 0.473. The number of fused-ring (bicyclic) bond motifs is 5. The summed E-state index contributed by atoms with van der Waals surface area (Å²) in [7, 11) is 0. The van der Waals surface area contributed by atoms with E-state index in [2.05, 4.69) is 61.5 Å². The molecule has 3 aromatic carbocycles. The molecule has 4 rings (SSSR count). The molecule has 0 amide bonds. The zero-order valence-corrected chi connectivity index (χ0v) is 11.1. The largest absolute Gasteiger partial charge is 0.0836 e. The molecule has 0 unspecified atom stereocenters. The van der Waals surface area contributed by atoms with Crippen LogP contribution >= 0.6 is 0 Å². The van der Waals surface area contributed by atoms with Crippen LogP contribution in [0.25, 0.3) is 27.6 Å². The third kappa shape index (κ3) is 1.60. The normalized spacial score (nSPS) is 13.9. The van der Waals surface area contributed by atoms with Gasteiger partial charge in [0.25, 0.3) is 0 Å². The number of aryl methyl sites for hydroxylation is 2. The lowest BCUT2D eigenvalue weighted by molar-refractivity contribution is 0.990. The smallest absolute Gasteiger partial charge is 0.00992 e. The zero-order chi connectivity index (χ0) is 12.8. The van der Waals surface area contributed by atoms with Crippen LogP contribution in [-0.2, 0) is 6.42 Å². The predicted molar refractivity (Wildman–Crippen MR) is 83.5 cm³/mol. The van der Waals surface area contributed by atoms with Crippen molar-refractivity contribution in [3.8, 4) is 0 Å². The van der Waals surface area contributed by atoms with Crippen LogP contribution in [0.2, 0.25) is 0 Å². The fraction of sp³-hybridized carbons (Fsp3) is 0.158. The standard InChI is InChI=1S/C19H16/c1-13-6-9-17-15(12-13)8-11-18-16-5-3-2-4-14(16)7-10-19(17)18/h3,5-12H,2,4H2,1H3. The Hall–Kier alpha value is -2.08. The molecule has 0 spiro atoms. The second-order valence-electron chi connectivity index (χ2n) is 5.46. The van der Waals surface area contributed by atoms with E-state index < -0.39 is 0 Å². The molecule has 0 atom stereocenters. The summed E-state index contributed by atoms with van der Waals surface area (Å²) < 4.78 is 0. The Bertz CT molecular complexity index is 822. The highest BCUT2D eigenvalue weighted by atomic mass is 14.1. The average Bonchev–Trinajstić information content (AvgIpc) is 2.46. The summed E-state index contributed by atoms with van der Waals surface area (Å²) in [6, 6.07) is 15.9. The Balaban J connectivity index is 2.16. The van der Waals surface area contributed by atoms with Crippen LogP contribution in [-0.4, -0.2) is 0 Å². The maximum Gasteiger partial charge on any atom is -0.00992 e. The predicted octanol–water partition coefficient (Wildman–Crippen LogP) is 5.26. The molecule has 0 fully saturated rings. The van der Waals surface area contributed by atoms with Crippen molar-refractivity contribution in [3.05, 3.63) is 65.2 Å². The molecule has 0 heterocycles. The SMILES string of the molecule is Cc1ccc2c(ccc3c4c(ccc32)CCC=C4)c1. The van der Waals surface area contributed by atoms with Gasteiger partial charge in [-0.1, -0.05) is 60.2 Å². The number of allylic oxidation sites excluding steroid dienone is 1. The van der Waals surface area contributed by atoms with Gasteiger partial charge >= 0.3 is 0 Å². The number of rotatable bonds is 0. The van der Waals surface area contributed by atoms with Gasteiger partial charge in [-0.3, -0.25) is 0 Å². The van der Waals surface area contributed by atoms with E-state index in [1.165, 1.54) is 51.1 Å². The van der Waals surface area contributed by atoms with Crippen LogP contribution in [0, 0.1) is 6.92 Å². The van der Waals surface area contributed by atoms with E-state index in [-0.39, 0.29) is 0 Å². The molecule has 0 bridgehead atoms. The molecule has 1 aliphatic carbocycles. The minimum atomic E-state index is 1.17. The van der Waals surface area contributed by atoms with Gasteiger partial charge in [0, 0.05) is 0 Å². The molecule has 0 radical (unpaired) electrons. The summed E-state index contributed by atoms with van der Waals surface area (Å²) in [5.41, 5.74) is 4.23. The third-order valence-electron chi connectivity index (χ3n) is 4.17. The first-order chi connectivity index (χ1) is 9.33. The Labute approximate surface area is 113 Å². The highest BCUT2D eigenvalue weighted by molar-refractivity contribution is 6.10. The fourth-order valence-corrected chi connectivity index (χ4v) is 3.19. The van der Waals surface area contributed by atoms with Crippen molar-refractivity contribution in [2.24, 2.45) is 0 Å². The minimum absolute atomic E-state index is 1.17. The summed E-state index contributed by atoms with van der Waals surface area (Å²) in [6.45, 7) is 2.15. The van der Waals surface area contributed by atoms with Crippen LogP contribution in [0.5, 0.6) is 0 Å². The van der Waals surface area contributed by atoms with Gasteiger partial charge in [-0.15, -0.1) is 0 Å². The molecule has 0 nitrogen and oxygen atoms in total. The lowest BCUT2D eigenvalue weighted by Crippen LogP contribution is -1.95.